The zero-order chi connectivity index (χ0) is 14.8. The molecule has 0 atom stereocenters. The Labute approximate surface area is 118 Å². The molecular weight excluding hydrogens is 283 g/mol. The fourth-order valence-electron chi connectivity index (χ4n) is 2.29. The van der Waals surface area contributed by atoms with Crippen LogP contribution in [0.4, 0.5) is 10.1 Å². The van der Waals surface area contributed by atoms with Gasteiger partial charge >= 0.3 is 0 Å². The van der Waals surface area contributed by atoms with E-state index in [1.807, 2.05) is 6.92 Å². The highest BCUT2D eigenvalue weighted by Gasteiger charge is 2.29. The van der Waals surface area contributed by atoms with E-state index in [0.29, 0.717) is 32.5 Å². The predicted molar refractivity (Wildman–Crippen MR) is 74.2 cm³/mol. The standard InChI is InChI=1S/C13H19FN2O3S/c1-2-19-10-5-7-16(8-6-10)20(17,18)11-3-4-13(15)12(14)9-11/h3-4,9-10H,2,5-8,15H2,1H3. The van der Waals surface area contributed by atoms with Crippen molar-refractivity contribution in [2.45, 2.75) is 30.8 Å². The van der Waals surface area contributed by atoms with Gasteiger partial charge in [-0.25, -0.2) is 12.8 Å². The van der Waals surface area contributed by atoms with Crippen molar-refractivity contribution in [1.82, 2.24) is 4.31 Å². The third-order valence-electron chi connectivity index (χ3n) is 3.41. The molecule has 1 aromatic carbocycles. The van der Waals surface area contributed by atoms with E-state index in [1.54, 1.807) is 0 Å². The van der Waals surface area contributed by atoms with Gasteiger partial charge in [0.25, 0.3) is 0 Å². The van der Waals surface area contributed by atoms with Crippen molar-refractivity contribution >= 4 is 15.7 Å². The summed E-state index contributed by atoms with van der Waals surface area (Å²) in [6.45, 7) is 3.32. The molecular formula is C13H19FN2O3S. The number of sulfonamides is 1. The van der Waals surface area contributed by atoms with Crippen LogP contribution in [0, 0.1) is 5.82 Å². The van der Waals surface area contributed by atoms with Gasteiger partial charge in [-0.2, -0.15) is 4.31 Å². The molecule has 1 heterocycles. The normalized spacial score (nSPS) is 18.3. The van der Waals surface area contributed by atoms with E-state index in [-0.39, 0.29) is 16.7 Å². The second-order valence-corrected chi connectivity index (χ2v) is 6.68. The summed E-state index contributed by atoms with van der Waals surface area (Å²) in [4.78, 5) is -0.0564. The van der Waals surface area contributed by atoms with Gasteiger partial charge in [0.15, 0.2) is 0 Å². The smallest absolute Gasteiger partial charge is 0.243 e. The highest BCUT2D eigenvalue weighted by Crippen LogP contribution is 2.24. The van der Waals surface area contributed by atoms with Crippen LogP contribution < -0.4 is 5.73 Å². The summed E-state index contributed by atoms with van der Waals surface area (Å²) in [5.74, 6) is -0.713. The van der Waals surface area contributed by atoms with Crippen molar-refractivity contribution in [2.24, 2.45) is 0 Å². The second-order valence-electron chi connectivity index (χ2n) is 4.74. The Bertz CT molecular complexity index is 569. The fourth-order valence-corrected chi connectivity index (χ4v) is 3.77. The summed E-state index contributed by atoms with van der Waals surface area (Å²) in [7, 11) is -3.66. The Balaban J connectivity index is 2.13. The molecule has 1 aliphatic rings. The first-order chi connectivity index (χ1) is 9.45. The average Bonchev–Trinajstić information content (AvgIpc) is 2.43. The Morgan fingerprint density at radius 2 is 2.05 bits per heavy atom. The summed E-state index contributed by atoms with van der Waals surface area (Å²) in [5.41, 5.74) is 5.31. The van der Waals surface area contributed by atoms with Crippen molar-refractivity contribution in [1.29, 1.82) is 0 Å². The number of hydrogen-bond donors (Lipinski definition) is 1. The number of hydrogen-bond acceptors (Lipinski definition) is 4. The molecule has 5 nitrogen and oxygen atoms in total. The maximum Gasteiger partial charge on any atom is 0.243 e. The van der Waals surface area contributed by atoms with Crippen molar-refractivity contribution in [3.8, 4) is 0 Å². The van der Waals surface area contributed by atoms with Crippen LogP contribution in [-0.4, -0.2) is 38.5 Å². The molecule has 112 valence electrons. The molecule has 20 heavy (non-hydrogen) atoms. The maximum atomic E-state index is 13.4. The topological polar surface area (TPSA) is 72.6 Å². The molecule has 0 radical (unpaired) electrons. The van der Waals surface area contributed by atoms with Gasteiger partial charge in [-0.3, -0.25) is 0 Å². The van der Waals surface area contributed by atoms with Crippen LogP contribution in [0.5, 0.6) is 0 Å². The molecule has 0 aromatic heterocycles. The number of nitrogens with zero attached hydrogens (tertiary/aromatic N) is 1. The summed E-state index contributed by atoms with van der Waals surface area (Å²) in [6, 6.07) is 3.58. The SMILES string of the molecule is CCOC1CCN(S(=O)(=O)c2ccc(N)c(F)c2)CC1. The van der Waals surface area contributed by atoms with Crippen LogP contribution in [0.15, 0.2) is 23.1 Å². The van der Waals surface area contributed by atoms with Crippen LogP contribution >= 0.6 is 0 Å². The zero-order valence-corrected chi connectivity index (χ0v) is 12.2. The number of ether oxygens (including phenoxy) is 1. The van der Waals surface area contributed by atoms with E-state index < -0.39 is 15.8 Å². The number of halogens is 1. The molecule has 7 heteroatoms. The highest BCUT2D eigenvalue weighted by atomic mass is 32.2. The Kier molecular flexibility index (Phi) is 4.62. The Morgan fingerprint density at radius 1 is 1.40 bits per heavy atom. The minimum Gasteiger partial charge on any atom is -0.396 e. The number of benzene rings is 1. The Hall–Kier alpha value is -1.18. The van der Waals surface area contributed by atoms with Crippen LogP contribution in [0.1, 0.15) is 19.8 Å². The maximum absolute atomic E-state index is 13.4. The lowest BCUT2D eigenvalue weighted by Gasteiger charge is -2.31. The van der Waals surface area contributed by atoms with Crippen molar-refractivity contribution in [3.05, 3.63) is 24.0 Å². The molecule has 0 aliphatic carbocycles. The zero-order valence-electron chi connectivity index (χ0n) is 11.4. The van der Waals surface area contributed by atoms with E-state index in [1.165, 1.54) is 16.4 Å². The lowest BCUT2D eigenvalue weighted by molar-refractivity contribution is 0.0290. The van der Waals surface area contributed by atoms with E-state index in [0.717, 1.165) is 6.07 Å². The molecule has 0 saturated carbocycles. The first kappa shape index (κ1) is 15.2. The number of nitrogens with two attached hydrogens (primary N) is 1. The fraction of sp³-hybridized carbons (Fsp3) is 0.538. The summed E-state index contributed by atoms with van der Waals surface area (Å²) in [6.07, 6.45) is 1.42. The van der Waals surface area contributed by atoms with E-state index in [4.69, 9.17) is 10.5 Å². The number of rotatable bonds is 4. The quantitative estimate of drug-likeness (QED) is 0.857. The molecule has 1 aliphatic heterocycles. The molecule has 1 saturated heterocycles. The van der Waals surface area contributed by atoms with Gasteiger partial charge in [0, 0.05) is 19.7 Å². The predicted octanol–water partition coefficient (Wildman–Crippen LogP) is 1.60. The van der Waals surface area contributed by atoms with Crippen LogP contribution in [0.2, 0.25) is 0 Å². The van der Waals surface area contributed by atoms with Crippen molar-refractivity contribution in [3.63, 3.8) is 0 Å². The van der Waals surface area contributed by atoms with E-state index in [9.17, 15) is 12.8 Å². The third-order valence-corrected chi connectivity index (χ3v) is 5.31. The molecule has 2 rings (SSSR count). The second kappa shape index (κ2) is 6.07. The third kappa shape index (κ3) is 3.11. The summed E-state index contributed by atoms with van der Waals surface area (Å²) >= 11 is 0. The molecule has 0 unspecified atom stereocenters. The molecule has 0 spiro atoms. The van der Waals surface area contributed by atoms with E-state index in [2.05, 4.69) is 0 Å². The number of nitrogen functional groups attached to an aromatic ring is 1. The minimum absolute atomic E-state index is 0.0564. The molecule has 0 bridgehead atoms. The first-order valence-corrected chi connectivity index (χ1v) is 8.06. The molecule has 0 amide bonds. The van der Waals surface area contributed by atoms with Gasteiger partial charge < -0.3 is 10.5 Å². The van der Waals surface area contributed by atoms with Crippen LogP contribution in [0.25, 0.3) is 0 Å². The number of anilines is 1. The van der Waals surface area contributed by atoms with Gasteiger partial charge in [-0.1, -0.05) is 0 Å². The first-order valence-electron chi connectivity index (χ1n) is 6.62. The van der Waals surface area contributed by atoms with Gasteiger partial charge in [-0.05, 0) is 38.0 Å². The van der Waals surface area contributed by atoms with Crippen molar-refractivity contribution < 1.29 is 17.5 Å². The number of piperidine rings is 1. The lowest BCUT2D eigenvalue weighted by atomic mass is 10.1. The van der Waals surface area contributed by atoms with Gasteiger partial charge in [0.05, 0.1) is 16.7 Å². The monoisotopic (exact) mass is 302 g/mol. The highest BCUT2D eigenvalue weighted by molar-refractivity contribution is 7.89. The van der Waals surface area contributed by atoms with Crippen LogP contribution in [-0.2, 0) is 14.8 Å². The summed E-state index contributed by atoms with van der Waals surface area (Å²) in [5, 5.41) is 0. The molecule has 2 N–H and O–H groups in total. The van der Waals surface area contributed by atoms with Crippen LogP contribution in [0.3, 0.4) is 0 Å². The van der Waals surface area contributed by atoms with Gasteiger partial charge in [0.2, 0.25) is 10.0 Å². The van der Waals surface area contributed by atoms with E-state index >= 15 is 0 Å². The molecule has 1 aromatic rings. The largest absolute Gasteiger partial charge is 0.396 e. The Morgan fingerprint density at radius 3 is 2.60 bits per heavy atom. The molecule has 1 fully saturated rings. The average molecular weight is 302 g/mol. The van der Waals surface area contributed by atoms with Gasteiger partial charge in [-0.15, -0.1) is 0 Å². The van der Waals surface area contributed by atoms with Crippen molar-refractivity contribution in [2.75, 3.05) is 25.4 Å². The summed E-state index contributed by atoms with van der Waals surface area (Å²) < 4.78 is 45.1. The van der Waals surface area contributed by atoms with Gasteiger partial charge in [0.1, 0.15) is 5.82 Å². The minimum atomic E-state index is -3.66. The lowest BCUT2D eigenvalue weighted by Crippen LogP contribution is -2.40.